The molecule has 4 heteroatoms. The lowest BCUT2D eigenvalue weighted by molar-refractivity contribution is 0.0536. The Bertz CT molecular complexity index is 3280. The molecule has 0 saturated carbocycles. The van der Waals surface area contributed by atoms with Gasteiger partial charge in [0.2, 0.25) is 0 Å². The quantitative estimate of drug-likeness (QED) is 0.173. The zero-order valence-electron chi connectivity index (χ0n) is 37.0. The third-order valence-electron chi connectivity index (χ3n) is 13.5. The number of nitrogens with zero attached hydrogens (tertiary/aromatic N) is 2. The van der Waals surface area contributed by atoms with Crippen LogP contribution in [0.4, 0.5) is 21.9 Å². The molecule has 0 N–H and O–H groups in total. The van der Waals surface area contributed by atoms with Crippen LogP contribution in [0, 0.1) is 0 Å². The number of rotatable bonds is 5. The Hall–Kier alpha value is -7.17. The first kappa shape index (κ1) is 38.7. The molecule has 63 heavy (non-hydrogen) atoms. The van der Waals surface area contributed by atoms with E-state index in [1.807, 2.05) is 33.2 Å². The van der Waals surface area contributed by atoms with Gasteiger partial charge in [0.15, 0.2) is 0 Å². The van der Waals surface area contributed by atoms with Crippen molar-refractivity contribution in [1.82, 2.24) is 4.57 Å². The van der Waals surface area contributed by atoms with Crippen molar-refractivity contribution in [3.05, 3.63) is 202 Å². The summed E-state index contributed by atoms with van der Waals surface area (Å²) in [5.41, 5.74) is 19.3. The fraction of sp³-hybridized carbons (Fsp3) is 0.169. The highest BCUT2D eigenvalue weighted by atomic mass is 16.6. The first-order valence-electron chi connectivity index (χ1n) is 22.0. The first-order valence-corrected chi connectivity index (χ1v) is 22.0. The van der Waals surface area contributed by atoms with Gasteiger partial charge in [0, 0.05) is 45.8 Å². The maximum atomic E-state index is 13.6. The Morgan fingerprint density at radius 2 is 1.19 bits per heavy atom. The standard InChI is InChI=1S/C59H50N2O2/c1-57(2,3)63-56(62)60-32-31-48-50(36-60)55-49(34-41-33-40-17-11-12-18-45(40)54(41)59(55,6)7)53(48)39-23-27-43(28-24-39)61(42-25-21-38(22-26-42)37-15-9-8-10-16-37)44-29-30-47-46-19-13-14-20-51(46)58(4,5)52(47)35-44/h8-36H,1-7H3. The van der Waals surface area contributed by atoms with E-state index in [1.165, 1.54) is 71.7 Å². The topological polar surface area (TPSA) is 34.5 Å². The summed E-state index contributed by atoms with van der Waals surface area (Å²) in [5.74, 6) is 0. The van der Waals surface area contributed by atoms with E-state index >= 15 is 0 Å². The van der Waals surface area contributed by atoms with Crippen LogP contribution in [0.15, 0.2) is 170 Å². The van der Waals surface area contributed by atoms with E-state index < -0.39 is 11.7 Å². The van der Waals surface area contributed by atoms with Gasteiger partial charge >= 0.3 is 6.09 Å². The fourth-order valence-electron chi connectivity index (χ4n) is 10.7. The highest BCUT2D eigenvalue weighted by Crippen LogP contribution is 2.56. The molecular formula is C59H50N2O2. The molecule has 0 amide bonds. The zero-order chi connectivity index (χ0) is 43.4. The summed E-state index contributed by atoms with van der Waals surface area (Å²) in [5, 5.41) is 2.51. The van der Waals surface area contributed by atoms with Gasteiger partial charge in [-0.2, -0.15) is 0 Å². The van der Waals surface area contributed by atoms with Crippen molar-refractivity contribution >= 4 is 40.9 Å². The largest absolute Gasteiger partial charge is 0.443 e. The van der Waals surface area contributed by atoms with Crippen LogP contribution in [0.1, 0.15) is 70.7 Å². The van der Waals surface area contributed by atoms with Gasteiger partial charge in [0.25, 0.3) is 0 Å². The molecule has 0 fully saturated rings. The van der Waals surface area contributed by atoms with Crippen LogP contribution in [-0.4, -0.2) is 16.3 Å². The molecule has 1 aliphatic heterocycles. The summed E-state index contributed by atoms with van der Waals surface area (Å²) in [6.45, 7) is 15.1. The first-order chi connectivity index (χ1) is 30.3. The molecular weight excluding hydrogens is 769 g/mol. The van der Waals surface area contributed by atoms with Crippen molar-refractivity contribution in [2.24, 2.45) is 0 Å². The molecule has 6 aromatic rings. The number of carbonyl (C=O) groups excluding carboxylic acids is 1. The van der Waals surface area contributed by atoms with Crippen molar-refractivity contribution in [3.63, 3.8) is 0 Å². The number of carbonyl (C=O) groups is 1. The summed E-state index contributed by atoms with van der Waals surface area (Å²) in [4.78, 5) is 15.9. The maximum Gasteiger partial charge on any atom is 0.418 e. The second kappa shape index (κ2) is 13.9. The van der Waals surface area contributed by atoms with E-state index in [4.69, 9.17) is 4.74 Å². The smallest absolute Gasteiger partial charge is 0.418 e. The zero-order valence-corrected chi connectivity index (χ0v) is 37.0. The summed E-state index contributed by atoms with van der Waals surface area (Å²) in [6.07, 6.45) is 8.15. The van der Waals surface area contributed by atoms with Gasteiger partial charge in [0.1, 0.15) is 5.60 Å². The van der Waals surface area contributed by atoms with Gasteiger partial charge in [-0.25, -0.2) is 4.79 Å². The van der Waals surface area contributed by atoms with Crippen molar-refractivity contribution in [3.8, 4) is 44.5 Å². The van der Waals surface area contributed by atoms with Gasteiger partial charge in [-0.15, -0.1) is 0 Å². The number of fused-ring (bicyclic) bond motifs is 8. The Morgan fingerprint density at radius 1 is 0.571 bits per heavy atom. The maximum absolute atomic E-state index is 13.6. The Morgan fingerprint density at radius 3 is 1.92 bits per heavy atom. The predicted molar refractivity (Wildman–Crippen MR) is 260 cm³/mol. The fourth-order valence-corrected chi connectivity index (χ4v) is 10.7. The van der Waals surface area contributed by atoms with Gasteiger partial charge in [-0.1, -0.05) is 137 Å². The predicted octanol–water partition coefficient (Wildman–Crippen LogP) is 13.8. The van der Waals surface area contributed by atoms with Gasteiger partial charge in [-0.05, 0) is 158 Å². The molecule has 0 bridgehead atoms. The summed E-state index contributed by atoms with van der Waals surface area (Å²) in [7, 11) is 0. The van der Waals surface area contributed by atoms with E-state index in [0.29, 0.717) is 0 Å². The summed E-state index contributed by atoms with van der Waals surface area (Å²) in [6, 6.07) is 55.2. The molecule has 308 valence electrons. The molecule has 0 radical (unpaired) electrons. The number of hydrogen-bond acceptors (Lipinski definition) is 3. The Labute approximate surface area is 370 Å². The minimum atomic E-state index is -0.619. The van der Waals surface area contributed by atoms with Crippen molar-refractivity contribution in [2.75, 3.05) is 4.90 Å². The van der Waals surface area contributed by atoms with Crippen LogP contribution >= 0.6 is 0 Å². The van der Waals surface area contributed by atoms with Crippen LogP contribution in [0.25, 0.3) is 62.2 Å². The van der Waals surface area contributed by atoms with Crippen LogP contribution in [0.2, 0.25) is 0 Å². The summed E-state index contributed by atoms with van der Waals surface area (Å²) >= 11 is 0. The second-order valence-corrected chi connectivity index (χ2v) is 19.4. The highest BCUT2D eigenvalue weighted by molar-refractivity contribution is 6.07. The van der Waals surface area contributed by atoms with E-state index in [2.05, 4.69) is 196 Å². The lowest BCUT2D eigenvalue weighted by atomic mass is 9.69. The Balaban J connectivity index is 1.07. The highest BCUT2D eigenvalue weighted by Gasteiger charge is 2.41. The number of ether oxygens (including phenoxy) is 1. The number of aromatic nitrogens is 1. The van der Waals surface area contributed by atoms with Gasteiger partial charge in [-0.3, -0.25) is 4.57 Å². The average molecular weight is 819 g/mol. The van der Waals surface area contributed by atoms with E-state index in [0.717, 1.165) is 33.8 Å². The molecule has 0 unspecified atom stereocenters. The third kappa shape index (κ3) is 6.14. The SMILES string of the molecule is CC(C)(C)OC(=O)n1ccc2c(-c3ccc(N(c4ccc(-c5ccccc5)cc4)c4ccc5c(c4)C(C)(C)c4ccccc4-5)cc3)c3c(c-2c1)C(C)(C)C1=c2ccccc2=CC1=C3. The van der Waals surface area contributed by atoms with Crippen LogP contribution in [0.5, 0.6) is 0 Å². The third-order valence-corrected chi connectivity index (χ3v) is 13.5. The molecule has 0 atom stereocenters. The van der Waals surface area contributed by atoms with E-state index in [-0.39, 0.29) is 10.8 Å². The van der Waals surface area contributed by atoms with Gasteiger partial charge < -0.3 is 9.64 Å². The number of pyridine rings is 1. The van der Waals surface area contributed by atoms with Crippen LogP contribution in [0.3, 0.4) is 0 Å². The minimum absolute atomic E-state index is 0.133. The Kier molecular flexibility index (Phi) is 8.56. The molecule has 0 spiro atoms. The monoisotopic (exact) mass is 818 g/mol. The average Bonchev–Trinajstić information content (AvgIpc) is 3.90. The molecule has 1 heterocycles. The molecule has 6 aromatic carbocycles. The molecule has 4 nitrogen and oxygen atoms in total. The number of anilines is 3. The lowest BCUT2D eigenvalue weighted by Crippen LogP contribution is -2.31. The normalized spacial score (nSPS) is 15.1. The van der Waals surface area contributed by atoms with Gasteiger partial charge in [0.05, 0.1) is 0 Å². The van der Waals surface area contributed by atoms with E-state index in [9.17, 15) is 4.79 Å². The number of benzene rings is 6. The minimum Gasteiger partial charge on any atom is -0.443 e. The number of allylic oxidation sites excluding steroid dienone is 1. The molecule has 4 aliphatic carbocycles. The van der Waals surface area contributed by atoms with Crippen LogP contribution in [-0.2, 0) is 15.6 Å². The molecule has 0 aromatic heterocycles. The molecule has 11 rings (SSSR count). The van der Waals surface area contributed by atoms with Crippen molar-refractivity contribution < 1.29 is 9.53 Å². The van der Waals surface area contributed by atoms with Crippen LogP contribution < -0.4 is 15.3 Å². The number of hydrogen-bond donors (Lipinski definition) is 0. The molecule has 5 aliphatic rings. The second-order valence-electron chi connectivity index (χ2n) is 19.4. The molecule has 0 saturated heterocycles. The lowest BCUT2D eigenvalue weighted by Gasteiger charge is -2.34. The van der Waals surface area contributed by atoms with Crippen molar-refractivity contribution in [1.29, 1.82) is 0 Å². The van der Waals surface area contributed by atoms with E-state index in [1.54, 1.807) is 4.57 Å². The summed E-state index contributed by atoms with van der Waals surface area (Å²) < 4.78 is 7.47. The van der Waals surface area contributed by atoms with Crippen molar-refractivity contribution in [2.45, 2.75) is 64.9 Å².